The number of nitrogens with two attached hydrogens (primary N) is 1. The highest BCUT2D eigenvalue weighted by Crippen LogP contribution is 2.10. The smallest absolute Gasteiger partial charge is 0.272 e. The van der Waals surface area contributed by atoms with Gasteiger partial charge in [-0.3, -0.25) is 4.79 Å². The van der Waals surface area contributed by atoms with Gasteiger partial charge in [0.05, 0.1) is 6.33 Å². The number of rotatable bonds is 2. The molecule has 0 atom stereocenters. The molecule has 0 aliphatic heterocycles. The van der Waals surface area contributed by atoms with E-state index in [-0.39, 0.29) is 11.5 Å². The highest BCUT2D eigenvalue weighted by atomic mass is 16.1. The molecule has 1 aromatic rings. The van der Waals surface area contributed by atoms with E-state index in [9.17, 15) is 4.79 Å². The van der Waals surface area contributed by atoms with Crippen molar-refractivity contribution in [3.63, 3.8) is 0 Å². The van der Waals surface area contributed by atoms with E-state index in [0.29, 0.717) is 0 Å². The summed E-state index contributed by atoms with van der Waals surface area (Å²) in [4.78, 5) is 19.3. The Morgan fingerprint density at radius 2 is 2.64 bits per heavy atom. The number of carbonyl (C=O) groups excluding carboxylic acids is 1. The van der Waals surface area contributed by atoms with Crippen LogP contribution in [0, 0.1) is 5.53 Å². The molecule has 11 heavy (non-hydrogen) atoms. The lowest BCUT2D eigenvalue weighted by molar-refractivity contribution is 0.0996. The van der Waals surface area contributed by atoms with Gasteiger partial charge in [-0.15, -0.1) is 0 Å². The number of aromatic amines is 1. The zero-order chi connectivity index (χ0) is 8.27. The first-order valence-electron chi connectivity index (χ1n) is 2.66. The van der Waals surface area contributed by atoms with Crippen molar-refractivity contribution in [1.29, 1.82) is 5.53 Å². The average molecular weight is 153 g/mol. The summed E-state index contributed by atoms with van der Waals surface area (Å²) in [7, 11) is 0. The van der Waals surface area contributed by atoms with Gasteiger partial charge in [0.1, 0.15) is 5.53 Å². The van der Waals surface area contributed by atoms with Crippen molar-refractivity contribution in [2.24, 2.45) is 10.8 Å². The van der Waals surface area contributed by atoms with Crippen molar-refractivity contribution in [3.05, 3.63) is 12.0 Å². The molecule has 0 fully saturated rings. The SMILES string of the molecule is N=[N+]=Nc1nc[nH]c1C(N)=O. The molecule has 4 N–H and O–H groups in total. The highest BCUT2D eigenvalue weighted by Gasteiger charge is 2.13. The Morgan fingerprint density at radius 1 is 1.91 bits per heavy atom. The number of hydrogen-bond donors (Lipinski definition) is 3. The van der Waals surface area contributed by atoms with Gasteiger partial charge in [-0.2, -0.15) is 0 Å². The fraction of sp³-hybridized carbons (Fsp3) is 0. The lowest BCUT2D eigenvalue weighted by Gasteiger charge is -1.83. The van der Waals surface area contributed by atoms with Crippen molar-refractivity contribution < 1.29 is 4.79 Å². The van der Waals surface area contributed by atoms with Crippen molar-refractivity contribution in [2.45, 2.75) is 0 Å². The third kappa shape index (κ3) is 1.28. The first-order valence-corrected chi connectivity index (χ1v) is 2.66. The minimum absolute atomic E-state index is 0.0347. The van der Waals surface area contributed by atoms with E-state index in [2.05, 4.69) is 20.0 Å². The van der Waals surface area contributed by atoms with E-state index in [0.717, 1.165) is 0 Å². The van der Waals surface area contributed by atoms with Gasteiger partial charge >= 0.3 is 0 Å². The van der Waals surface area contributed by atoms with Crippen LogP contribution in [0.15, 0.2) is 11.4 Å². The predicted molar refractivity (Wildman–Crippen MR) is 34.0 cm³/mol. The van der Waals surface area contributed by atoms with E-state index in [1.807, 2.05) is 0 Å². The molecule has 1 amide bonds. The Morgan fingerprint density at radius 3 is 3.18 bits per heavy atom. The van der Waals surface area contributed by atoms with Crippen molar-refractivity contribution in [1.82, 2.24) is 14.9 Å². The summed E-state index contributed by atoms with van der Waals surface area (Å²) in [6.07, 6.45) is 1.25. The van der Waals surface area contributed by atoms with Gasteiger partial charge in [0.2, 0.25) is 4.91 Å². The second-order valence-corrected chi connectivity index (χ2v) is 1.67. The number of amides is 1. The highest BCUT2D eigenvalue weighted by molar-refractivity contribution is 5.94. The zero-order valence-corrected chi connectivity index (χ0v) is 5.40. The fourth-order valence-corrected chi connectivity index (χ4v) is 0.592. The molecule has 56 valence electrons. The molecule has 0 aliphatic rings. The quantitative estimate of drug-likeness (QED) is 0.398. The van der Waals surface area contributed by atoms with Crippen LogP contribution in [0.25, 0.3) is 0 Å². The third-order valence-corrected chi connectivity index (χ3v) is 1.01. The zero-order valence-electron chi connectivity index (χ0n) is 5.40. The fourth-order valence-electron chi connectivity index (χ4n) is 0.592. The van der Waals surface area contributed by atoms with Gasteiger partial charge in [0.15, 0.2) is 10.8 Å². The van der Waals surface area contributed by atoms with Crippen LogP contribution in [0.4, 0.5) is 5.82 Å². The molecule has 7 heteroatoms. The van der Waals surface area contributed by atoms with Gasteiger partial charge in [-0.05, 0) is 0 Å². The molecule has 0 saturated carbocycles. The van der Waals surface area contributed by atoms with Crippen LogP contribution < -0.4 is 10.6 Å². The van der Waals surface area contributed by atoms with Gasteiger partial charge in [0.25, 0.3) is 11.7 Å². The molecule has 0 radical (unpaired) electrons. The van der Waals surface area contributed by atoms with Crippen LogP contribution in [0.3, 0.4) is 0 Å². The van der Waals surface area contributed by atoms with E-state index in [1.54, 1.807) is 0 Å². The summed E-state index contributed by atoms with van der Waals surface area (Å²) in [6.45, 7) is 0. The number of imidazole rings is 1. The van der Waals surface area contributed by atoms with Crippen molar-refractivity contribution >= 4 is 11.7 Å². The molecule has 1 aromatic heterocycles. The molecule has 0 unspecified atom stereocenters. The Balaban J connectivity index is 3.15. The minimum Gasteiger partial charge on any atom is -0.364 e. The first kappa shape index (κ1) is 7.10. The number of nitrogens with one attached hydrogen (secondary N) is 2. The van der Waals surface area contributed by atoms with Gasteiger partial charge in [0, 0.05) is 0 Å². The van der Waals surface area contributed by atoms with Gasteiger partial charge in [-0.1, -0.05) is 0 Å². The number of H-pyrrole nitrogens is 1. The van der Waals surface area contributed by atoms with E-state index < -0.39 is 5.91 Å². The number of aromatic nitrogens is 2. The van der Waals surface area contributed by atoms with Crippen LogP contribution in [-0.2, 0) is 0 Å². The van der Waals surface area contributed by atoms with Crippen molar-refractivity contribution in [2.75, 3.05) is 0 Å². The van der Waals surface area contributed by atoms with Gasteiger partial charge in [-0.25, -0.2) is 4.98 Å². The molecule has 1 heterocycles. The molecule has 0 spiro atoms. The van der Waals surface area contributed by atoms with Crippen LogP contribution in [-0.4, -0.2) is 15.9 Å². The Labute approximate surface area is 60.9 Å². The summed E-state index contributed by atoms with van der Waals surface area (Å²) >= 11 is 0. The number of nitrogens with zero attached hydrogens (tertiary/aromatic N) is 3. The lowest BCUT2D eigenvalue weighted by Crippen LogP contribution is -2.11. The molecule has 0 aliphatic carbocycles. The number of primary amides is 1. The Kier molecular flexibility index (Phi) is 1.75. The molecular weight excluding hydrogens is 148 g/mol. The number of carbonyl (C=O) groups is 1. The number of hydrogen-bond acceptors (Lipinski definition) is 4. The first-order chi connectivity index (χ1) is 5.25. The maximum atomic E-state index is 10.5. The minimum atomic E-state index is -0.676. The maximum Gasteiger partial charge on any atom is 0.272 e. The molecule has 7 nitrogen and oxygen atoms in total. The second kappa shape index (κ2) is 2.72. The van der Waals surface area contributed by atoms with Crippen LogP contribution in [0.5, 0.6) is 0 Å². The van der Waals surface area contributed by atoms with E-state index in [4.69, 9.17) is 11.3 Å². The summed E-state index contributed by atoms with van der Waals surface area (Å²) in [5, 5.41) is 3.24. The molecule has 0 bridgehead atoms. The normalized spacial score (nSPS) is 8.73. The van der Waals surface area contributed by atoms with E-state index >= 15 is 0 Å². The maximum absolute atomic E-state index is 10.5. The summed E-state index contributed by atoms with van der Waals surface area (Å²) in [5.74, 6) is -0.641. The summed E-state index contributed by atoms with van der Waals surface area (Å²) < 4.78 is 0. The summed E-state index contributed by atoms with van der Waals surface area (Å²) in [6, 6.07) is 0. The van der Waals surface area contributed by atoms with Crippen LogP contribution in [0.1, 0.15) is 10.5 Å². The molecular formula is C4H5N6O+. The lowest BCUT2D eigenvalue weighted by atomic mass is 10.4. The van der Waals surface area contributed by atoms with Crippen molar-refractivity contribution in [3.8, 4) is 0 Å². The Bertz CT molecular complexity index is 305. The monoisotopic (exact) mass is 153 g/mol. The third-order valence-electron chi connectivity index (χ3n) is 1.01. The van der Waals surface area contributed by atoms with E-state index in [1.165, 1.54) is 6.33 Å². The van der Waals surface area contributed by atoms with Crippen LogP contribution in [0.2, 0.25) is 0 Å². The molecule has 0 saturated heterocycles. The Hall–Kier alpha value is -2.01. The topological polar surface area (TPSA) is 122 Å². The molecule has 1 rings (SSSR count). The summed E-state index contributed by atoms with van der Waals surface area (Å²) in [5.41, 5.74) is 11.3. The largest absolute Gasteiger partial charge is 0.364 e. The average Bonchev–Trinajstić information content (AvgIpc) is 2.36. The second-order valence-electron chi connectivity index (χ2n) is 1.67. The molecule has 0 aromatic carbocycles. The van der Waals surface area contributed by atoms with Gasteiger partial charge < -0.3 is 10.7 Å². The predicted octanol–water partition coefficient (Wildman–Crippen LogP) is -0.310. The van der Waals surface area contributed by atoms with Crippen LogP contribution >= 0.6 is 0 Å². The standard InChI is InChI=1S/C4H4N6O/c5-3(11)2-4(9-10-6)8-1-7-2/h1,6H,(H2,5,11)/p+1.